The van der Waals surface area contributed by atoms with E-state index in [0.29, 0.717) is 6.04 Å². The van der Waals surface area contributed by atoms with Gasteiger partial charge in [-0.05, 0) is 20.3 Å². The minimum atomic E-state index is 0.478. The lowest BCUT2D eigenvalue weighted by atomic mass is 10.3. The second-order valence-electron chi connectivity index (χ2n) is 3.53. The smallest absolute Gasteiger partial charge is 0.203 e. The topological polar surface area (TPSA) is 29.9 Å². The van der Waals surface area contributed by atoms with E-state index >= 15 is 0 Å². The average molecular weight is 181 g/mol. The zero-order valence-corrected chi connectivity index (χ0v) is 8.75. The van der Waals surface area contributed by atoms with Crippen LogP contribution in [0.1, 0.15) is 39.7 Å². The third-order valence-corrected chi connectivity index (χ3v) is 2.04. The van der Waals surface area contributed by atoms with Crippen LogP contribution in [0.5, 0.6) is 0 Å². The van der Waals surface area contributed by atoms with Gasteiger partial charge in [0, 0.05) is 25.0 Å². The van der Waals surface area contributed by atoms with Crippen LogP contribution in [0, 0.1) is 0 Å². The van der Waals surface area contributed by atoms with Crippen molar-refractivity contribution in [3.8, 4) is 0 Å². The summed E-state index contributed by atoms with van der Waals surface area (Å²) in [6.45, 7) is 7.52. The van der Waals surface area contributed by atoms with Crippen molar-refractivity contribution < 1.29 is 0 Å². The SMILES string of the molecule is CCCCNc1nccn1C(C)C. The minimum absolute atomic E-state index is 0.478. The van der Waals surface area contributed by atoms with Gasteiger partial charge in [0.1, 0.15) is 0 Å². The van der Waals surface area contributed by atoms with Crippen LogP contribution in [0.3, 0.4) is 0 Å². The van der Waals surface area contributed by atoms with Gasteiger partial charge in [-0.25, -0.2) is 4.98 Å². The quantitative estimate of drug-likeness (QED) is 0.708. The van der Waals surface area contributed by atoms with E-state index in [1.807, 2.05) is 12.4 Å². The fraction of sp³-hybridized carbons (Fsp3) is 0.700. The Morgan fingerprint density at radius 2 is 2.31 bits per heavy atom. The molecule has 0 radical (unpaired) electrons. The van der Waals surface area contributed by atoms with Crippen molar-refractivity contribution in [2.75, 3.05) is 11.9 Å². The summed E-state index contributed by atoms with van der Waals surface area (Å²) in [5.74, 6) is 0.989. The first-order valence-electron chi connectivity index (χ1n) is 5.02. The number of unbranched alkanes of at least 4 members (excludes halogenated alkanes) is 1. The molecule has 1 N–H and O–H groups in total. The number of rotatable bonds is 5. The van der Waals surface area contributed by atoms with Crippen molar-refractivity contribution in [2.24, 2.45) is 0 Å². The molecule has 1 aromatic heterocycles. The fourth-order valence-corrected chi connectivity index (χ4v) is 1.24. The van der Waals surface area contributed by atoms with Crippen LogP contribution in [0.4, 0.5) is 5.95 Å². The molecule has 0 aliphatic rings. The van der Waals surface area contributed by atoms with Crippen molar-refractivity contribution in [3.63, 3.8) is 0 Å². The number of anilines is 1. The third kappa shape index (κ3) is 2.76. The molecular formula is C10H19N3. The van der Waals surface area contributed by atoms with Crippen molar-refractivity contribution in [1.29, 1.82) is 0 Å². The van der Waals surface area contributed by atoms with E-state index in [1.165, 1.54) is 12.8 Å². The van der Waals surface area contributed by atoms with Crippen LogP contribution in [-0.4, -0.2) is 16.1 Å². The summed E-state index contributed by atoms with van der Waals surface area (Å²) in [4.78, 5) is 4.26. The molecule has 0 aliphatic carbocycles. The van der Waals surface area contributed by atoms with Crippen molar-refractivity contribution in [1.82, 2.24) is 9.55 Å². The Bertz CT molecular complexity index is 240. The van der Waals surface area contributed by atoms with Gasteiger partial charge < -0.3 is 9.88 Å². The van der Waals surface area contributed by atoms with Crippen molar-refractivity contribution in [2.45, 2.75) is 39.7 Å². The molecule has 0 fully saturated rings. The zero-order chi connectivity index (χ0) is 9.68. The molecule has 0 amide bonds. The molecule has 1 heterocycles. The number of imidazole rings is 1. The first-order valence-corrected chi connectivity index (χ1v) is 5.02. The predicted octanol–water partition coefficient (Wildman–Crippen LogP) is 2.68. The fourth-order valence-electron chi connectivity index (χ4n) is 1.24. The maximum atomic E-state index is 4.26. The molecular weight excluding hydrogens is 162 g/mol. The Morgan fingerprint density at radius 1 is 1.54 bits per heavy atom. The normalized spacial score (nSPS) is 10.8. The Labute approximate surface area is 80.2 Å². The number of aromatic nitrogens is 2. The number of hydrogen-bond donors (Lipinski definition) is 1. The van der Waals surface area contributed by atoms with E-state index in [4.69, 9.17) is 0 Å². The molecule has 3 heteroatoms. The van der Waals surface area contributed by atoms with Gasteiger partial charge in [0.2, 0.25) is 5.95 Å². The molecule has 0 spiro atoms. The van der Waals surface area contributed by atoms with Gasteiger partial charge in [0.15, 0.2) is 0 Å². The van der Waals surface area contributed by atoms with Crippen molar-refractivity contribution >= 4 is 5.95 Å². The van der Waals surface area contributed by atoms with Crippen LogP contribution in [0.2, 0.25) is 0 Å². The van der Waals surface area contributed by atoms with Crippen molar-refractivity contribution in [3.05, 3.63) is 12.4 Å². The molecule has 0 aromatic carbocycles. The molecule has 0 atom stereocenters. The predicted molar refractivity (Wildman–Crippen MR) is 56.0 cm³/mol. The summed E-state index contributed by atoms with van der Waals surface area (Å²) in [6.07, 6.45) is 6.27. The van der Waals surface area contributed by atoms with Gasteiger partial charge in [-0.2, -0.15) is 0 Å². The lowest BCUT2D eigenvalue weighted by Crippen LogP contribution is -2.09. The highest BCUT2D eigenvalue weighted by atomic mass is 15.2. The van der Waals surface area contributed by atoms with Crippen LogP contribution >= 0.6 is 0 Å². The third-order valence-electron chi connectivity index (χ3n) is 2.04. The van der Waals surface area contributed by atoms with Gasteiger partial charge in [0.05, 0.1) is 0 Å². The maximum Gasteiger partial charge on any atom is 0.203 e. The van der Waals surface area contributed by atoms with Crippen LogP contribution < -0.4 is 5.32 Å². The molecule has 13 heavy (non-hydrogen) atoms. The van der Waals surface area contributed by atoms with E-state index in [1.54, 1.807) is 0 Å². The molecule has 3 nitrogen and oxygen atoms in total. The highest BCUT2D eigenvalue weighted by molar-refractivity contribution is 5.26. The molecule has 0 bridgehead atoms. The second kappa shape index (κ2) is 4.90. The van der Waals surface area contributed by atoms with E-state index in [9.17, 15) is 0 Å². The Hall–Kier alpha value is -0.990. The summed E-state index contributed by atoms with van der Waals surface area (Å²) >= 11 is 0. The molecule has 1 rings (SSSR count). The number of nitrogens with zero attached hydrogens (tertiary/aromatic N) is 2. The summed E-state index contributed by atoms with van der Waals surface area (Å²) < 4.78 is 2.15. The van der Waals surface area contributed by atoms with Crippen LogP contribution in [0.25, 0.3) is 0 Å². The lowest BCUT2D eigenvalue weighted by Gasteiger charge is -2.12. The first kappa shape index (κ1) is 10.1. The molecule has 0 saturated heterocycles. The Morgan fingerprint density at radius 3 is 2.92 bits per heavy atom. The summed E-state index contributed by atoms with van der Waals surface area (Å²) in [5, 5.41) is 3.33. The largest absolute Gasteiger partial charge is 0.356 e. The highest BCUT2D eigenvalue weighted by Gasteiger charge is 2.03. The van der Waals surface area contributed by atoms with Gasteiger partial charge in [-0.15, -0.1) is 0 Å². The van der Waals surface area contributed by atoms with Gasteiger partial charge >= 0.3 is 0 Å². The molecule has 0 saturated carbocycles. The zero-order valence-electron chi connectivity index (χ0n) is 8.75. The first-order chi connectivity index (χ1) is 6.25. The standard InChI is InChI=1S/C10H19N3/c1-4-5-6-11-10-12-7-8-13(10)9(2)3/h7-9H,4-6H2,1-3H3,(H,11,12). The van der Waals surface area contributed by atoms with E-state index in [2.05, 4.69) is 35.6 Å². The highest BCUT2D eigenvalue weighted by Crippen LogP contribution is 2.12. The lowest BCUT2D eigenvalue weighted by molar-refractivity contribution is 0.603. The van der Waals surface area contributed by atoms with E-state index < -0.39 is 0 Å². The van der Waals surface area contributed by atoms with Gasteiger partial charge in [-0.1, -0.05) is 13.3 Å². The van der Waals surface area contributed by atoms with Crippen LogP contribution in [-0.2, 0) is 0 Å². The van der Waals surface area contributed by atoms with Crippen LogP contribution in [0.15, 0.2) is 12.4 Å². The second-order valence-corrected chi connectivity index (χ2v) is 3.53. The summed E-state index contributed by atoms with van der Waals surface area (Å²) in [7, 11) is 0. The minimum Gasteiger partial charge on any atom is -0.356 e. The summed E-state index contributed by atoms with van der Waals surface area (Å²) in [5.41, 5.74) is 0. The molecule has 1 aromatic rings. The molecule has 0 aliphatic heterocycles. The summed E-state index contributed by atoms with van der Waals surface area (Å²) in [6, 6.07) is 0.478. The van der Waals surface area contributed by atoms with E-state index in [-0.39, 0.29) is 0 Å². The Kier molecular flexibility index (Phi) is 3.80. The number of nitrogens with one attached hydrogen (secondary N) is 1. The molecule has 74 valence electrons. The average Bonchev–Trinajstić information content (AvgIpc) is 2.53. The number of hydrogen-bond acceptors (Lipinski definition) is 2. The maximum absolute atomic E-state index is 4.26. The monoisotopic (exact) mass is 181 g/mol. The van der Waals surface area contributed by atoms with E-state index in [0.717, 1.165) is 12.5 Å². The molecule has 0 unspecified atom stereocenters. The van der Waals surface area contributed by atoms with Gasteiger partial charge in [0.25, 0.3) is 0 Å². The van der Waals surface area contributed by atoms with Gasteiger partial charge in [-0.3, -0.25) is 0 Å². The Balaban J connectivity index is 2.50.